The largest absolute Gasteiger partial charge is 0.487 e. The first-order valence-electron chi connectivity index (χ1n) is 11.2. The van der Waals surface area contributed by atoms with E-state index in [2.05, 4.69) is 20.8 Å². The zero-order valence-corrected chi connectivity index (χ0v) is 18.0. The topological polar surface area (TPSA) is 48.7 Å². The van der Waals surface area contributed by atoms with E-state index in [-0.39, 0.29) is 17.5 Å². The Morgan fingerprint density at radius 3 is 2.83 bits per heavy atom. The first kappa shape index (κ1) is 19.0. The van der Waals surface area contributed by atoms with Crippen LogP contribution in [0.15, 0.2) is 45.5 Å². The zero-order valence-electron chi connectivity index (χ0n) is 18.0. The zero-order chi connectivity index (χ0) is 20.4. The number of hydrogen-bond donors (Lipinski definition) is 0. The molecule has 0 amide bonds. The molecule has 3 heterocycles. The van der Waals surface area contributed by atoms with Crippen LogP contribution >= 0.6 is 0 Å². The predicted octanol–water partition coefficient (Wildman–Crippen LogP) is 5.73. The van der Waals surface area contributed by atoms with E-state index < -0.39 is 5.60 Å². The smallest absolute Gasteiger partial charge is 0.338 e. The molecule has 156 valence electrons. The van der Waals surface area contributed by atoms with Gasteiger partial charge in [0.1, 0.15) is 5.60 Å². The molecule has 4 aliphatic rings. The molecule has 2 fully saturated rings. The maximum atomic E-state index is 12.8. The molecule has 2 aliphatic carbocycles. The van der Waals surface area contributed by atoms with Crippen molar-refractivity contribution in [3.8, 4) is 0 Å². The van der Waals surface area contributed by atoms with Gasteiger partial charge in [0.25, 0.3) is 0 Å². The third-order valence-corrected chi connectivity index (χ3v) is 8.02. The van der Waals surface area contributed by atoms with Gasteiger partial charge in [0.2, 0.25) is 0 Å². The number of rotatable bonds is 4. The lowest BCUT2D eigenvalue weighted by Crippen LogP contribution is -2.58. The monoisotopic (exact) mass is 396 g/mol. The summed E-state index contributed by atoms with van der Waals surface area (Å²) < 4.78 is 18.2. The quantitative estimate of drug-likeness (QED) is 0.481. The second-order valence-corrected chi connectivity index (χ2v) is 10.1. The van der Waals surface area contributed by atoms with Crippen LogP contribution in [0.25, 0.3) is 0 Å². The molecule has 5 rings (SSSR count). The molecule has 0 bridgehead atoms. The number of hydrogen-bond acceptors (Lipinski definition) is 4. The van der Waals surface area contributed by atoms with E-state index in [1.807, 2.05) is 19.3 Å². The molecule has 4 nitrogen and oxygen atoms in total. The highest BCUT2D eigenvalue weighted by molar-refractivity contribution is 5.92. The van der Waals surface area contributed by atoms with Gasteiger partial charge in [-0.15, -0.1) is 0 Å². The van der Waals surface area contributed by atoms with E-state index in [9.17, 15) is 4.79 Å². The van der Waals surface area contributed by atoms with Crippen LogP contribution < -0.4 is 0 Å². The van der Waals surface area contributed by atoms with Crippen molar-refractivity contribution < 1.29 is 18.7 Å². The molecule has 4 heteroatoms. The molecular formula is C25H32O4. The lowest BCUT2D eigenvalue weighted by atomic mass is 9.59. The van der Waals surface area contributed by atoms with E-state index in [1.54, 1.807) is 6.26 Å². The highest BCUT2D eigenvalue weighted by atomic mass is 16.6. The van der Waals surface area contributed by atoms with E-state index in [4.69, 9.17) is 13.9 Å². The van der Waals surface area contributed by atoms with Gasteiger partial charge in [-0.05, 0) is 83.3 Å². The fourth-order valence-corrected chi connectivity index (χ4v) is 6.69. The summed E-state index contributed by atoms with van der Waals surface area (Å²) in [6.07, 6.45) is 10.8. The Kier molecular flexibility index (Phi) is 4.27. The fraction of sp³-hybridized carbons (Fsp3) is 0.640. The second-order valence-electron chi connectivity index (χ2n) is 10.1. The Morgan fingerprint density at radius 1 is 1.24 bits per heavy atom. The highest BCUT2D eigenvalue weighted by Gasteiger charge is 2.66. The molecule has 1 saturated carbocycles. The molecule has 1 aromatic rings. The van der Waals surface area contributed by atoms with Crippen LogP contribution in [0.4, 0.5) is 0 Å². The van der Waals surface area contributed by atoms with Crippen LogP contribution in [-0.4, -0.2) is 17.2 Å². The number of fused-ring (bicyclic) bond motifs is 1. The van der Waals surface area contributed by atoms with Crippen LogP contribution in [-0.2, 0) is 20.7 Å². The van der Waals surface area contributed by atoms with Crippen LogP contribution in [0.5, 0.6) is 0 Å². The molecule has 0 aromatic carbocycles. The van der Waals surface area contributed by atoms with Crippen molar-refractivity contribution in [3.63, 3.8) is 0 Å². The molecule has 1 spiro atoms. The van der Waals surface area contributed by atoms with Crippen LogP contribution in [0.1, 0.15) is 71.8 Å². The molecule has 1 aromatic heterocycles. The maximum Gasteiger partial charge on any atom is 0.338 e. The molecule has 0 N–H and O–H groups in total. The number of esters is 1. The van der Waals surface area contributed by atoms with E-state index in [0.717, 1.165) is 44.3 Å². The first-order chi connectivity index (χ1) is 13.8. The lowest BCUT2D eigenvalue weighted by Gasteiger charge is -2.54. The van der Waals surface area contributed by atoms with Crippen molar-refractivity contribution in [1.82, 2.24) is 0 Å². The third kappa shape index (κ3) is 2.74. The number of carbonyl (C=O) groups excluding carboxylic acids is 1. The van der Waals surface area contributed by atoms with E-state index in [0.29, 0.717) is 17.4 Å². The minimum atomic E-state index is -0.560. The van der Waals surface area contributed by atoms with Gasteiger partial charge < -0.3 is 13.9 Å². The number of allylic oxidation sites excluding steroid dienone is 1. The Bertz CT molecular complexity index is 892. The molecule has 1 saturated heterocycles. The van der Waals surface area contributed by atoms with Gasteiger partial charge in [-0.1, -0.05) is 18.1 Å². The van der Waals surface area contributed by atoms with Gasteiger partial charge in [0.05, 0.1) is 18.1 Å². The summed E-state index contributed by atoms with van der Waals surface area (Å²) in [5.74, 6) is 1.79. The van der Waals surface area contributed by atoms with Crippen LogP contribution in [0.2, 0.25) is 0 Å². The summed E-state index contributed by atoms with van der Waals surface area (Å²) in [6, 6.07) is 2.03. The van der Waals surface area contributed by atoms with Gasteiger partial charge in [0, 0.05) is 11.8 Å². The van der Waals surface area contributed by atoms with Gasteiger partial charge in [-0.2, -0.15) is 0 Å². The second kappa shape index (κ2) is 6.52. The van der Waals surface area contributed by atoms with Crippen molar-refractivity contribution in [2.75, 3.05) is 0 Å². The Morgan fingerprint density at radius 2 is 2.07 bits per heavy atom. The fourth-order valence-electron chi connectivity index (χ4n) is 6.69. The van der Waals surface area contributed by atoms with Crippen molar-refractivity contribution in [2.24, 2.45) is 17.8 Å². The predicted molar refractivity (Wildman–Crippen MR) is 110 cm³/mol. The van der Waals surface area contributed by atoms with Crippen LogP contribution in [0.3, 0.4) is 0 Å². The van der Waals surface area contributed by atoms with Crippen LogP contribution in [0, 0.1) is 17.8 Å². The van der Waals surface area contributed by atoms with Crippen molar-refractivity contribution in [2.45, 2.75) is 83.8 Å². The minimum absolute atomic E-state index is 0.175. The minimum Gasteiger partial charge on any atom is -0.487 e. The van der Waals surface area contributed by atoms with E-state index in [1.165, 1.54) is 23.1 Å². The van der Waals surface area contributed by atoms with Gasteiger partial charge >= 0.3 is 5.97 Å². The Hall–Kier alpha value is -1.97. The van der Waals surface area contributed by atoms with Gasteiger partial charge in [-0.25, -0.2) is 4.79 Å². The molecular weight excluding hydrogens is 364 g/mol. The number of furan rings is 1. The van der Waals surface area contributed by atoms with Gasteiger partial charge in [0.15, 0.2) is 11.4 Å². The maximum absolute atomic E-state index is 12.8. The molecule has 2 aliphatic heterocycles. The molecule has 5 atom stereocenters. The summed E-state index contributed by atoms with van der Waals surface area (Å²) in [7, 11) is 0. The average molecular weight is 397 g/mol. The summed E-state index contributed by atoms with van der Waals surface area (Å²) in [5, 5.41) is 0. The van der Waals surface area contributed by atoms with Crippen molar-refractivity contribution in [3.05, 3.63) is 46.6 Å². The lowest BCUT2D eigenvalue weighted by molar-refractivity contribution is -0.190. The SMILES string of the molecule is CC1=C2CC[C@H](C)[C@H]2[C@]23OC(=O)C(C)=C2O[C@](C)(CCCc2ccoc2)C[C@@H]3C1. The summed E-state index contributed by atoms with van der Waals surface area (Å²) in [6.45, 7) is 8.74. The Balaban J connectivity index is 1.47. The highest BCUT2D eigenvalue weighted by Crippen LogP contribution is 2.63. The normalized spacial score (nSPS) is 38.5. The van der Waals surface area contributed by atoms with Crippen molar-refractivity contribution >= 4 is 5.97 Å². The standard InChI is InChI=1S/C25H32O4/c1-15-7-8-20-16(2)12-19-13-24(4,10-5-6-18-9-11-27-14-18)28-22-17(3)23(26)29-25(19,22)21(15)20/h9,11,14-15,19,21H,5-8,10,12-13H2,1-4H3/t15-,19-,21+,24+,25-/m0/s1. The summed E-state index contributed by atoms with van der Waals surface area (Å²) in [4.78, 5) is 12.8. The third-order valence-electron chi connectivity index (χ3n) is 8.02. The van der Waals surface area contributed by atoms with Crippen molar-refractivity contribution in [1.29, 1.82) is 0 Å². The molecule has 0 radical (unpaired) electrons. The number of ether oxygens (including phenoxy) is 2. The molecule has 29 heavy (non-hydrogen) atoms. The molecule has 0 unspecified atom stereocenters. The Labute approximate surface area is 173 Å². The average Bonchev–Trinajstić information content (AvgIpc) is 3.37. The van der Waals surface area contributed by atoms with Gasteiger partial charge in [-0.3, -0.25) is 0 Å². The summed E-state index contributed by atoms with van der Waals surface area (Å²) in [5.41, 5.74) is 4.15. The number of carbonyl (C=O) groups is 1. The summed E-state index contributed by atoms with van der Waals surface area (Å²) >= 11 is 0. The van der Waals surface area contributed by atoms with E-state index >= 15 is 0 Å². The first-order valence-corrected chi connectivity index (χ1v) is 11.2. The number of aryl methyl sites for hydroxylation is 1.